The Bertz CT molecular complexity index is 836. The van der Waals surface area contributed by atoms with Crippen LogP contribution in [0, 0.1) is 10.8 Å². The quantitative estimate of drug-likeness (QED) is 0.392. The fraction of sp³-hybridized carbons (Fsp3) is 0. The van der Waals surface area contributed by atoms with Crippen molar-refractivity contribution in [3.63, 3.8) is 0 Å². The first kappa shape index (κ1) is 13.4. The van der Waals surface area contributed by atoms with Gasteiger partial charge in [0.05, 0.1) is 0 Å². The molecule has 3 aliphatic heterocycles. The maximum Gasteiger partial charge on any atom is 0.243 e. The Morgan fingerprint density at radius 3 is 2.45 bits per heavy atom. The van der Waals surface area contributed by atoms with Gasteiger partial charge >= 0.3 is 0 Å². The molecule has 3 rings (SSSR count). The lowest BCUT2D eigenvalue weighted by Gasteiger charge is -2.24. The van der Waals surface area contributed by atoms with Crippen LogP contribution in [0.2, 0.25) is 0 Å². The maximum absolute atomic E-state index is 7.16. The highest BCUT2D eigenvalue weighted by Crippen LogP contribution is 2.27. The summed E-state index contributed by atoms with van der Waals surface area (Å²) in [7, 11) is 0. The number of nitrogens with zero attached hydrogens (tertiary/aromatic N) is 5. The van der Waals surface area contributed by atoms with Gasteiger partial charge in [0, 0.05) is 18.5 Å². The molecular formula is C12H12N10. The second kappa shape index (κ2) is 5.44. The predicted octanol–water partition coefficient (Wildman–Crippen LogP) is -0.942. The van der Waals surface area contributed by atoms with Gasteiger partial charge in [-0.15, -0.1) is 0 Å². The third-order valence-corrected chi connectivity index (χ3v) is 2.71. The Labute approximate surface area is 123 Å². The van der Waals surface area contributed by atoms with Crippen molar-refractivity contribution in [1.29, 1.82) is 10.8 Å². The third kappa shape index (κ3) is 2.28. The second-order valence-corrected chi connectivity index (χ2v) is 4.13. The van der Waals surface area contributed by atoms with Crippen molar-refractivity contribution in [2.45, 2.75) is 0 Å². The molecule has 0 fully saturated rings. The molecule has 0 aromatic rings. The van der Waals surface area contributed by atoms with Gasteiger partial charge in [0.15, 0.2) is 5.48 Å². The van der Waals surface area contributed by atoms with Gasteiger partial charge in [0.2, 0.25) is 17.8 Å². The molecule has 110 valence electrons. The summed E-state index contributed by atoms with van der Waals surface area (Å²) in [4.78, 5) is 24.7. The summed E-state index contributed by atoms with van der Waals surface area (Å²) in [5.74, 6) is 1.71. The van der Waals surface area contributed by atoms with Gasteiger partial charge in [0.25, 0.3) is 0 Å². The lowest BCUT2D eigenvalue weighted by Crippen LogP contribution is -2.34. The van der Waals surface area contributed by atoms with Crippen molar-refractivity contribution in [3.8, 4) is 0 Å². The number of H-pyrrole nitrogens is 2. The highest BCUT2D eigenvalue weighted by atomic mass is 15.4. The SMILES string of the molecule is N=C/C=c1\nc2nc(/C=C/N)[nH]c3n/c(=C\C=N)[nH]c(n1)N23. The van der Waals surface area contributed by atoms with Crippen molar-refractivity contribution < 1.29 is 0 Å². The number of nitrogens with two attached hydrogens (primary N) is 1. The van der Waals surface area contributed by atoms with Crippen LogP contribution in [0.15, 0.2) is 6.20 Å². The largest absolute Gasteiger partial charge is 0.404 e. The van der Waals surface area contributed by atoms with E-state index in [0.717, 1.165) is 12.4 Å². The van der Waals surface area contributed by atoms with Gasteiger partial charge in [-0.1, -0.05) is 0 Å². The van der Waals surface area contributed by atoms with Crippen molar-refractivity contribution in [3.05, 3.63) is 23.0 Å². The van der Waals surface area contributed by atoms with Crippen LogP contribution in [0.25, 0.3) is 18.2 Å². The molecule has 0 aromatic heterocycles. The first-order chi connectivity index (χ1) is 10.7. The monoisotopic (exact) mass is 296 g/mol. The highest BCUT2D eigenvalue weighted by Gasteiger charge is 2.25. The molecule has 10 heteroatoms. The van der Waals surface area contributed by atoms with Gasteiger partial charge in [-0.2, -0.15) is 19.9 Å². The average Bonchev–Trinajstić information content (AvgIpc) is 2.47. The fourth-order valence-corrected chi connectivity index (χ4v) is 1.90. The zero-order valence-corrected chi connectivity index (χ0v) is 11.3. The Morgan fingerprint density at radius 1 is 0.955 bits per heavy atom. The summed E-state index contributed by atoms with van der Waals surface area (Å²) in [5, 5.41) is 14.3. The van der Waals surface area contributed by atoms with Gasteiger partial charge in [0.1, 0.15) is 11.3 Å². The maximum atomic E-state index is 7.16. The molecule has 0 saturated carbocycles. The number of hydrogen-bond acceptors (Lipinski definition) is 8. The molecular weight excluding hydrogens is 284 g/mol. The van der Waals surface area contributed by atoms with E-state index in [-0.39, 0.29) is 0 Å². The molecule has 6 N–H and O–H groups in total. The molecule has 10 nitrogen and oxygen atoms in total. The summed E-state index contributed by atoms with van der Waals surface area (Å²) in [6.45, 7) is 0. The molecule has 3 aliphatic rings. The van der Waals surface area contributed by atoms with Crippen LogP contribution in [0.3, 0.4) is 0 Å². The Kier molecular flexibility index (Phi) is 3.32. The topological polar surface area (TPSA) is 160 Å². The summed E-state index contributed by atoms with van der Waals surface area (Å²) in [6.07, 6.45) is 8.08. The first-order valence-corrected chi connectivity index (χ1v) is 6.24. The van der Waals surface area contributed by atoms with Crippen LogP contribution in [0.1, 0.15) is 5.82 Å². The molecule has 0 aliphatic carbocycles. The number of aromatic nitrogens is 6. The number of aromatic amines is 2. The van der Waals surface area contributed by atoms with Crippen molar-refractivity contribution in [1.82, 2.24) is 29.9 Å². The number of hydrogen-bond donors (Lipinski definition) is 5. The Balaban J connectivity index is 2.42. The van der Waals surface area contributed by atoms with Crippen LogP contribution in [-0.4, -0.2) is 42.3 Å². The molecule has 0 aromatic carbocycles. The summed E-state index contributed by atoms with van der Waals surface area (Å²) < 4.78 is 0. The minimum absolute atomic E-state index is 0.334. The molecule has 22 heavy (non-hydrogen) atoms. The van der Waals surface area contributed by atoms with E-state index in [2.05, 4.69) is 29.9 Å². The number of rotatable bonds is 3. The minimum Gasteiger partial charge on any atom is -0.404 e. The van der Waals surface area contributed by atoms with Gasteiger partial charge in [-0.05, 0) is 18.4 Å². The van der Waals surface area contributed by atoms with Crippen LogP contribution in [0.4, 0.5) is 17.8 Å². The van der Waals surface area contributed by atoms with Gasteiger partial charge in [-0.25, -0.2) is 4.90 Å². The van der Waals surface area contributed by atoms with Crippen molar-refractivity contribution in [2.75, 3.05) is 4.90 Å². The summed E-state index contributed by atoms with van der Waals surface area (Å²) >= 11 is 0. The Morgan fingerprint density at radius 2 is 1.73 bits per heavy atom. The molecule has 0 unspecified atom stereocenters. The third-order valence-electron chi connectivity index (χ3n) is 2.71. The molecule has 3 heterocycles. The normalized spacial score (nSPS) is 14.3. The zero-order valence-electron chi connectivity index (χ0n) is 11.3. The van der Waals surface area contributed by atoms with E-state index in [0.29, 0.717) is 34.6 Å². The lowest BCUT2D eigenvalue weighted by molar-refractivity contribution is 0.831. The zero-order chi connectivity index (χ0) is 15.5. The first-order valence-electron chi connectivity index (χ1n) is 6.24. The van der Waals surface area contributed by atoms with Crippen LogP contribution < -0.4 is 21.6 Å². The molecule has 0 radical (unpaired) electrons. The minimum atomic E-state index is 0.334. The van der Waals surface area contributed by atoms with Crippen LogP contribution >= 0.6 is 0 Å². The second-order valence-electron chi connectivity index (χ2n) is 4.13. The van der Waals surface area contributed by atoms with E-state index in [9.17, 15) is 0 Å². The predicted molar refractivity (Wildman–Crippen MR) is 82.3 cm³/mol. The number of nitrogens with one attached hydrogen (secondary N) is 4. The van der Waals surface area contributed by atoms with E-state index in [1.807, 2.05) is 0 Å². The smallest absolute Gasteiger partial charge is 0.243 e. The lowest BCUT2D eigenvalue weighted by atomic mass is 10.5. The highest BCUT2D eigenvalue weighted by molar-refractivity contribution is 5.88. The van der Waals surface area contributed by atoms with E-state index >= 15 is 0 Å². The van der Waals surface area contributed by atoms with Crippen LogP contribution in [-0.2, 0) is 0 Å². The fourth-order valence-electron chi connectivity index (χ4n) is 1.90. The standard InChI is InChI=1S/C12H12N10/c13-4-1-7-16-10-18-8(2-5-14)20-12-21-9(3-6-15)19-11(17-7)22(10)12/h1-6,13-14H,15H2,(H,16,18)(H,17,19,20,21)/b6-3+,7-1-,8-2-,13-4?,14-5?. The Hall–Kier alpha value is -3.56. The molecule has 0 bridgehead atoms. The molecule has 0 spiro atoms. The average molecular weight is 296 g/mol. The van der Waals surface area contributed by atoms with E-state index < -0.39 is 0 Å². The summed E-state index contributed by atoms with van der Waals surface area (Å²) in [6, 6.07) is 0. The summed E-state index contributed by atoms with van der Waals surface area (Å²) in [5.41, 5.74) is 6.17. The molecule has 0 amide bonds. The molecule has 0 saturated heterocycles. The molecule has 0 atom stereocenters. The van der Waals surface area contributed by atoms with E-state index in [1.54, 1.807) is 11.0 Å². The van der Waals surface area contributed by atoms with E-state index in [4.69, 9.17) is 16.6 Å². The van der Waals surface area contributed by atoms with Gasteiger partial charge in [-0.3, -0.25) is 0 Å². The van der Waals surface area contributed by atoms with Gasteiger partial charge < -0.3 is 26.5 Å². The van der Waals surface area contributed by atoms with Crippen molar-refractivity contribution in [2.24, 2.45) is 5.73 Å². The van der Waals surface area contributed by atoms with E-state index in [1.165, 1.54) is 18.4 Å². The van der Waals surface area contributed by atoms with Crippen molar-refractivity contribution >= 4 is 48.5 Å². The van der Waals surface area contributed by atoms with Crippen LogP contribution in [0.5, 0.6) is 0 Å². The number of anilines is 3.